The van der Waals surface area contributed by atoms with Crippen molar-refractivity contribution in [1.29, 1.82) is 0 Å². The molecule has 0 spiro atoms. The van der Waals surface area contributed by atoms with Crippen LogP contribution in [0.4, 0.5) is 5.82 Å². The average molecular weight is 291 g/mol. The molecule has 0 amide bonds. The van der Waals surface area contributed by atoms with Gasteiger partial charge in [-0.25, -0.2) is 15.8 Å². The molecule has 1 fully saturated rings. The fourth-order valence-electron chi connectivity index (χ4n) is 2.67. The highest BCUT2D eigenvalue weighted by Crippen LogP contribution is 2.19. The summed E-state index contributed by atoms with van der Waals surface area (Å²) in [4.78, 5) is 11.4. The molecular weight excluding hydrogens is 270 g/mol. The number of aromatic nitrogens is 4. The molecule has 3 N–H and O–H groups in total. The molecular formula is C13H21N7O. The predicted molar refractivity (Wildman–Crippen MR) is 79.4 cm³/mol. The molecule has 2 aromatic heterocycles. The maximum atomic E-state index is 5.66. The van der Waals surface area contributed by atoms with Gasteiger partial charge in [0.25, 0.3) is 0 Å². The molecule has 1 saturated heterocycles. The second-order valence-corrected chi connectivity index (χ2v) is 5.41. The quantitative estimate of drug-likeness (QED) is 0.618. The highest BCUT2D eigenvalue weighted by atomic mass is 16.5. The lowest BCUT2D eigenvalue weighted by molar-refractivity contribution is 0.0665. The van der Waals surface area contributed by atoms with Crippen LogP contribution in [0.1, 0.15) is 19.2 Å². The SMILES string of the molecule is CC1CN(Cc2nc(NN)c3cnn(C)c3n2)CCCO1. The van der Waals surface area contributed by atoms with E-state index in [0.717, 1.165) is 43.0 Å². The number of nitrogens with two attached hydrogens (primary N) is 1. The third kappa shape index (κ3) is 2.97. The molecule has 8 nitrogen and oxygen atoms in total. The smallest absolute Gasteiger partial charge is 0.163 e. The minimum absolute atomic E-state index is 0.236. The molecule has 1 atom stereocenters. The van der Waals surface area contributed by atoms with Crippen molar-refractivity contribution in [2.75, 3.05) is 25.1 Å². The molecule has 2 aromatic rings. The van der Waals surface area contributed by atoms with Crippen molar-refractivity contribution >= 4 is 16.9 Å². The van der Waals surface area contributed by atoms with Crippen LogP contribution in [0.25, 0.3) is 11.0 Å². The summed E-state index contributed by atoms with van der Waals surface area (Å²) in [6.45, 7) is 5.47. The molecule has 3 rings (SSSR count). The molecule has 1 aliphatic heterocycles. The van der Waals surface area contributed by atoms with Crippen LogP contribution >= 0.6 is 0 Å². The number of aryl methyl sites for hydroxylation is 1. The zero-order chi connectivity index (χ0) is 14.8. The number of hydrazine groups is 1. The fourth-order valence-corrected chi connectivity index (χ4v) is 2.67. The standard InChI is InChI=1S/C13H21N7O/c1-9-7-20(4-3-5-21-9)8-11-16-12(18-14)10-6-15-19(2)13(10)17-11/h6,9H,3-5,7-8,14H2,1-2H3,(H,16,17,18). The summed E-state index contributed by atoms with van der Waals surface area (Å²) in [5.74, 6) is 6.92. The van der Waals surface area contributed by atoms with Gasteiger partial charge in [-0.05, 0) is 13.3 Å². The molecule has 0 aliphatic carbocycles. The Morgan fingerprint density at radius 1 is 1.48 bits per heavy atom. The second-order valence-electron chi connectivity index (χ2n) is 5.41. The predicted octanol–water partition coefficient (Wildman–Crippen LogP) is 0.260. The number of nitrogens with one attached hydrogen (secondary N) is 1. The van der Waals surface area contributed by atoms with Crippen molar-refractivity contribution in [2.45, 2.75) is 26.0 Å². The number of hydrogen-bond donors (Lipinski definition) is 2. The monoisotopic (exact) mass is 291 g/mol. The fraction of sp³-hybridized carbons (Fsp3) is 0.615. The van der Waals surface area contributed by atoms with Gasteiger partial charge in [0.1, 0.15) is 5.82 Å². The van der Waals surface area contributed by atoms with Crippen molar-refractivity contribution in [2.24, 2.45) is 12.9 Å². The Bertz CT molecular complexity index is 626. The van der Waals surface area contributed by atoms with Crippen molar-refractivity contribution in [3.8, 4) is 0 Å². The Labute approximate surface area is 123 Å². The van der Waals surface area contributed by atoms with Crippen molar-refractivity contribution < 1.29 is 4.74 Å². The number of nitrogen functional groups attached to an aromatic ring is 1. The van der Waals surface area contributed by atoms with E-state index in [1.807, 2.05) is 7.05 Å². The third-order valence-corrected chi connectivity index (χ3v) is 3.68. The van der Waals surface area contributed by atoms with Gasteiger partial charge < -0.3 is 10.2 Å². The highest BCUT2D eigenvalue weighted by molar-refractivity contribution is 5.86. The van der Waals surface area contributed by atoms with E-state index in [9.17, 15) is 0 Å². The number of nitrogens with zero attached hydrogens (tertiary/aromatic N) is 5. The Morgan fingerprint density at radius 3 is 3.14 bits per heavy atom. The van der Waals surface area contributed by atoms with Crippen LogP contribution in [-0.2, 0) is 18.3 Å². The van der Waals surface area contributed by atoms with Gasteiger partial charge in [-0.1, -0.05) is 0 Å². The van der Waals surface area contributed by atoms with Crippen LogP contribution in [0.5, 0.6) is 0 Å². The van der Waals surface area contributed by atoms with E-state index in [4.69, 9.17) is 10.6 Å². The van der Waals surface area contributed by atoms with E-state index < -0.39 is 0 Å². The molecule has 0 bridgehead atoms. The minimum atomic E-state index is 0.236. The summed E-state index contributed by atoms with van der Waals surface area (Å²) in [5, 5.41) is 5.03. The van der Waals surface area contributed by atoms with Gasteiger partial charge in [-0.15, -0.1) is 0 Å². The molecule has 0 aromatic carbocycles. The maximum absolute atomic E-state index is 5.66. The molecule has 21 heavy (non-hydrogen) atoms. The number of ether oxygens (including phenoxy) is 1. The molecule has 0 radical (unpaired) electrons. The van der Waals surface area contributed by atoms with E-state index >= 15 is 0 Å². The Kier molecular flexibility index (Phi) is 4.00. The van der Waals surface area contributed by atoms with E-state index in [2.05, 4.69) is 32.3 Å². The first-order valence-electron chi connectivity index (χ1n) is 7.16. The number of hydrogen-bond acceptors (Lipinski definition) is 7. The van der Waals surface area contributed by atoms with Crippen LogP contribution in [-0.4, -0.2) is 50.4 Å². The lowest BCUT2D eigenvalue weighted by atomic mass is 10.3. The summed E-state index contributed by atoms with van der Waals surface area (Å²) in [6.07, 6.45) is 2.98. The van der Waals surface area contributed by atoms with Crippen LogP contribution in [0.3, 0.4) is 0 Å². The van der Waals surface area contributed by atoms with Crippen molar-refractivity contribution in [3.05, 3.63) is 12.0 Å². The lowest BCUT2D eigenvalue weighted by Crippen LogP contribution is -2.30. The molecule has 1 unspecified atom stereocenters. The molecule has 1 aliphatic rings. The Hall–Kier alpha value is -1.77. The lowest BCUT2D eigenvalue weighted by Gasteiger charge is -2.21. The van der Waals surface area contributed by atoms with E-state index in [1.54, 1.807) is 10.9 Å². The molecule has 0 saturated carbocycles. The van der Waals surface area contributed by atoms with E-state index in [0.29, 0.717) is 12.4 Å². The van der Waals surface area contributed by atoms with Gasteiger partial charge in [0.05, 0.1) is 24.2 Å². The first-order chi connectivity index (χ1) is 10.2. The first kappa shape index (κ1) is 14.2. The summed E-state index contributed by atoms with van der Waals surface area (Å²) in [6, 6.07) is 0. The number of anilines is 1. The van der Waals surface area contributed by atoms with Crippen LogP contribution < -0.4 is 11.3 Å². The summed E-state index contributed by atoms with van der Waals surface area (Å²) in [7, 11) is 1.86. The van der Waals surface area contributed by atoms with Gasteiger partial charge in [0, 0.05) is 26.7 Å². The summed E-state index contributed by atoms with van der Waals surface area (Å²) < 4.78 is 7.40. The van der Waals surface area contributed by atoms with Crippen molar-refractivity contribution in [3.63, 3.8) is 0 Å². The van der Waals surface area contributed by atoms with Gasteiger partial charge in [0.2, 0.25) is 0 Å². The molecule has 8 heteroatoms. The van der Waals surface area contributed by atoms with E-state index in [1.165, 1.54) is 0 Å². The van der Waals surface area contributed by atoms with Gasteiger partial charge in [-0.2, -0.15) is 5.10 Å². The Balaban J connectivity index is 1.87. The zero-order valence-corrected chi connectivity index (χ0v) is 12.4. The van der Waals surface area contributed by atoms with E-state index in [-0.39, 0.29) is 6.10 Å². The average Bonchev–Trinajstić information content (AvgIpc) is 2.71. The highest BCUT2D eigenvalue weighted by Gasteiger charge is 2.18. The largest absolute Gasteiger partial charge is 0.377 e. The van der Waals surface area contributed by atoms with Gasteiger partial charge in [0.15, 0.2) is 11.5 Å². The first-order valence-corrected chi connectivity index (χ1v) is 7.16. The second kappa shape index (κ2) is 5.92. The summed E-state index contributed by atoms with van der Waals surface area (Å²) in [5.41, 5.74) is 3.42. The summed E-state index contributed by atoms with van der Waals surface area (Å²) >= 11 is 0. The number of fused-ring (bicyclic) bond motifs is 1. The Morgan fingerprint density at radius 2 is 2.33 bits per heavy atom. The van der Waals surface area contributed by atoms with Gasteiger partial charge >= 0.3 is 0 Å². The zero-order valence-electron chi connectivity index (χ0n) is 12.4. The van der Waals surface area contributed by atoms with Crippen molar-refractivity contribution in [1.82, 2.24) is 24.6 Å². The van der Waals surface area contributed by atoms with Crippen LogP contribution in [0.2, 0.25) is 0 Å². The molecule has 114 valence electrons. The minimum Gasteiger partial charge on any atom is -0.377 e. The number of rotatable bonds is 3. The maximum Gasteiger partial charge on any atom is 0.163 e. The van der Waals surface area contributed by atoms with Crippen LogP contribution in [0.15, 0.2) is 6.20 Å². The van der Waals surface area contributed by atoms with Crippen LogP contribution in [0, 0.1) is 0 Å². The van der Waals surface area contributed by atoms with Gasteiger partial charge in [-0.3, -0.25) is 9.58 Å². The topological polar surface area (TPSA) is 94.1 Å². The third-order valence-electron chi connectivity index (χ3n) is 3.68. The molecule has 3 heterocycles. The normalized spacial score (nSPS) is 20.6.